The van der Waals surface area contributed by atoms with Gasteiger partial charge in [0.05, 0.1) is 60.6 Å². The van der Waals surface area contributed by atoms with Crippen molar-refractivity contribution in [3.05, 3.63) is 212 Å². The van der Waals surface area contributed by atoms with E-state index in [-0.39, 0.29) is 11.6 Å². The second kappa shape index (κ2) is 48.0. The highest BCUT2D eigenvalue weighted by Crippen LogP contribution is 2.52. The van der Waals surface area contributed by atoms with Crippen molar-refractivity contribution >= 4 is 78.2 Å². The molecule has 0 fully saturated rings. The lowest BCUT2D eigenvalue weighted by Crippen LogP contribution is -2.13. The maximum atomic E-state index is 19.4. The van der Waals surface area contributed by atoms with E-state index in [1.165, 1.54) is 130 Å². The molecule has 12 heteroatoms. The van der Waals surface area contributed by atoms with Gasteiger partial charge in [-0.15, -0.1) is 45.3 Å². The molecule has 2 atom stereocenters. The fourth-order valence-electron chi connectivity index (χ4n) is 17.7. The SMILES string of the molecule is CCCCCCOc1ccc(C(c2ccc(OCCCCCC)cc2)n2c3cc(-c4cc(CC(CC)CCCC)c(-c5ccc(CCCCCC)s5)s4)c(F)cc3c3c2c2cc(F)c(-c4cc(CC(CC)CCCC)c(-c5ccc(CCCCCC)s5)s4)cc2n3C(c2ccc(OCCCCCC)cc2)c2ccc(OCCCCCC)cc2)cc1. The molecule has 0 N–H and O–H groups in total. The zero-order valence-electron chi connectivity index (χ0n) is 74.5. The van der Waals surface area contributed by atoms with E-state index >= 15 is 8.78 Å². The van der Waals surface area contributed by atoms with E-state index in [1.54, 1.807) is 22.7 Å². The summed E-state index contributed by atoms with van der Waals surface area (Å²) in [6.45, 7) is 25.4. The number of aromatic nitrogens is 2. The quantitative estimate of drug-likeness (QED) is 0.0357. The first-order valence-corrected chi connectivity index (χ1v) is 50.6. The van der Waals surface area contributed by atoms with Crippen molar-refractivity contribution in [1.29, 1.82) is 0 Å². The van der Waals surface area contributed by atoms with Crippen LogP contribution in [0.1, 0.15) is 330 Å². The second-order valence-electron chi connectivity index (χ2n) is 34.2. The van der Waals surface area contributed by atoms with Gasteiger partial charge in [-0.2, -0.15) is 0 Å². The number of unbranched alkanes of at least 4 members (excludes halogenated alkanes) is 20. The molecule has 0 amide bonds. The van der Waals surface area contributed by atoms with Gasteiger partial charge >= 0.3 is 0 Å². The Morgan fingerprint density at radius 2 is 0.600 bits per heavy atom. The minimum absolute atomic E-state index is 0.291. The predicted octanol–water partition coefficient (Wildman–Crippen LogP) is 34.8. The molecular formula is C108H140F2N2O4S4. The van der Waals surface area contributed by atoms with Gasteiger partial charge in [-0.3, -0.25) is 0 Å². The van der Waals surface area contributed by atoms with Crippen LogP contribution in [0.25, 0.3) is 73.2 Å². The van der Waals surface area contributed by atoms with E-state index in [2.05, 4.69) is 224 Å². The molecule has 0 radical (unpaired) electrons. The second-order valence-corrected chi connectivity index (χ2v) is 38.6. The highest BCUT2D eigenvalue weighted by Gasteiger charge is 2.34. The first-order chi connectivity index (χ1) is 58.9. The summed E-state index contributed by atoms with van der Waals surface area (Å²) in [5.41, 5.74) is 11.1. The maximum absolute atomic E-state index is 19.4. The summed E-state index contributed by atoms with van der Waals surface area (Å²) >= 11 is 7.34. The molecule has 0 aliphatic carbocycles. The van der Waals surface area contributed by atoms with Gasteiger partial charge in [0.1, 0.15) is 34.6 Å². The number of nitrogens with zero attached hydrogens (tertiary/aromatic N) is 2. The van der Waals surface area contributed by atoms with Gasteiger partial charge in [0.2, 0.25) is 0 Å². The van der Waals surface area contributed by atoms with Crippen molar-refractivity contribution < 1.29 is 27.7 Å². The summed E-state index contributed by atoms with van der Waals surface area (Å²) in [6, 6.07) is 56.0. The number of hydrogen-bond donors (Lipinski definition) is 0. The van der Waals surface area contributed by atoms with Crippen molar-refractivity contribution in [3.8, 4) is 63.4 Å². The fourth-order valence-corrected chi connectivity index (χ4v) is 22.5. The van der Waals surface area contributed by atoms with Crippen LogP contribution in [0.3, 0.4) is 0 Å². The number of benzene rings is 6. The Labute approximate surface area is 736 Å². The zero-order valence-corrected chi connectivity index (χ0v) is 77.8. The van der Waals surface area contributed by atoms with Gasteiger partial charge in [-0.1, -0.05) is 285 Å². The topological polar surface area (TPSA) is 46.8 Å². The molecular weight excluding hydrogens is 1560 g/mol. The van der Waals surface area contributed by atoms with Crippen LogP contribution >= 0.6 is 45.3 Å². The van der Waals surface area contributed by atoms with Crippen LogP contribution in [0.2, 0.25) is 0 Å². The summed E-state index contributed by atoms with van der Waals surface area (Å²) in [7, 11) is 0. The number of ether oxygens (including phenoxy) is 4. The van der Waals surface area contributed by atoms with Gasteiger partial charge in [0.25, 0.3) is 0 Å². The van der Waals surface area contributed by atoms with E-state index in [9.17, 15) is 0 Å². The first kappa shape index (κ1) is 91.7. The minimum Gasteiger partial charge on any atom is -0.494 e. The molecule has 2 unspecified atom stereocenters. The summed E-state index contributed by atoms with van der Waals surface area (Å²) in [5.74, 6) is 3.66. The molecule has 0 spiro atoms. The molecule has 644 valence electrons. The molecule has 0 aliphatic rings. The Bertz CT molecular complexity index is 4590. The third kappa shape index (κ3) is 24.1. The molecule has 0 saturated carbocycles. The normalized spacial score (nSPS) is 12.4. The Kier molecular flexibility index (Phi) is 36.7. The lowest BCUT2D eigenvalue weighted by atomic mass is 9.91. The number of hydrogen-bond acceptors (Lipinski definition) is 8. The van der Waals surface area contributed by atoms with Crippen molar-refractivity contribution in [1.82, 2.24) is 9.13 Å². The summed E-state index contributed by atoms with van der Waals surface area (Å²) < 4.78 is 70.1. The zero-order chi connectivity index (χ0) is 84.0. The van der Waals surface area contributed by atoms with Gasteiger partial charge in [0.15, 0.2) is 0 Å². The summed E-state index contributed by atoms with van der Waals surface area (Å²) in [5, 5.41) is 1.49. The molecule has 6 nitrogen and oxygen atoms in total. The van der Waals surface area contributed by atoms with E-state index in [1.807, 2.05) is 34.8 Å². The number of rotatable bonds is 56. The van der Waals surface area contributed by atoms with E-state index in [0.717, 1.165) is 229 Å². The lowest BCUT2D eigenvalue weighted by Gasteiger charge is -2.24. The van der Waals surface area contributed by atoms with Gasteiger partial charge in [-0.25, -0.2) is 8.78 Å². The maximum Gasteiger partial charge on any atom is 0.132 e. The van der Waals surface area contributed by atoms with Crippen LogP contribution in [0.15, 0.2) is 158 Å². The minimum atomic E-state index is -0.535. The molecule has 6 aromatic carbocycles. The average Bonchev–Trinajstić information content (AvgIpc) is 1.53. The molecule has 6 heterocycles. The van der Waals surface area contributed by atoms with Crippen LogP contribution in [0, 0.1) is 23.5 Å². The van der Waals surface area contributed by atoms with E-state index in [0.29, 0.717) is 49.4 Å². The Morgan fingerprint density at radius 1 is 0.300 bits per heavy atom. The smallest absolute Gasteiger partial charge is 0.132 e. The first-order valence-electron chi connectivity index (χ1n) is 47.3. The van der Waals surface area contributed by atoms with Crippen LogP contribution in [0.5, 0.6) is 23.0 Å². The van der Waals surface area contributed by atoms with Gasteiger partial charge in [-0.05, 0) is 219 Å². The molecule has 0 aliphatic heterocycles. The third-order valence-corrected chi connectivity index (χ3v) is 29.9. The molecule has 120 heavy (non-hydrogen) atoms. The van der Waals surface area contributed by atoms with Crippen LogP contribution in [-0.2, 0) is 25.7 Å². The number of aryl methyl sites for hydroxylation is 2. The lowest BCUT2D eigenvalue weighted by molar-refractivity contribution is 0.304. The largest absolute Gasteiger partial charge is 0.494 e. The monoisotopic (exact) mass is 1690 g/mol. The van der Waals surface area contributed by atoms with Crippen LogP contribution in [-0.4, -0.2) is 35.6 Å². The predicted molar refractivity (Wildman–Crippen MR) is 517 cm³/mol. The highest BCUT2D eigenvalue weighted by atomic mass is 32.1. The molecule has 12 rings (SSSR count). The van der Waals surface area contributed by atoms with Crippen LogP contribution < -0.4 is 18.9 Å². The number of halogens is 2. The van der Waals surface area contributed by atoms with Gasteiger partial charge in [0, 0.05) is 60.9 Å². The van der Waals surface area contributed by atoms with E-state index in [4.69, 9.17) is 18.9 Å². The molecule has 6 aromatic heterocycles. The number of fused-ring (bicyclic) bond motifs is 5. The Morgan fingerprint density at radius 3 is 0.892 bits per heavy atom. The van der Waals surface area contributed by atoms with E-state index < -0.39 is 12.1 Å². The molecule has 0 saturated heterocycles. The summed E-state index contributed by atoms with van der Waals surface area (Å²) in [4.78, 5) is 9.68. The Balaban J connectivity index is 1.18. The number of thiophene rings is 4. The molecule has 12 aromatic rings. The van der Waals surface area contributed by atoms with Crippen molar-refractivity contribution in [2.75, 3.05) is 26.4 Å². The third-order valence-electron chi connectivity index (χ3n) is 24.8. The molecule has 0 bridgehead atoms. The fraction of sp³-hybridized carbons (Fsp3) is 0.500. The van der Waals surface area contributed by atoms with Gasteiger partial charge < -0.3 is 28.1 Å². The Hall–Kier alpha value is -7.48. The average molecular weight is 1700 g/mol. The van der Waals surface area contributed by atoms with Crippen molar-refractivity contribution in [3.63, 3.8) is 0 Å². The van der Waals surface area contributed by atoms with Crippen molar-refractivity contribution in [2.45, 2.75) is 312 Å². The standard InChI is InChI=1S/C108H140F2N2O4S4/c1-11-21-29-35-43-89-61-63-99(117-89)107-83(69-77(19-9)41-27-17-7)71-101(119-107)91-75-97-93(73-95(91)109)105-106(111(97)103(79-45-53-85(54-46-79)113-65-37-31-23-13-3)80-47-55-86(56-48-80)114-66-38-32-24-14-4)94-74-96(110)92(102-72-84(70-78(20-10)42-28-18-8)108(120-102)100-64-62-90(118-100)44-36-30-22-12-2)76-98(94)112(105)104(81-49-57-87(58-50-81)115-67-39-33-25-15-5)82-51-59-88(60-52-82)116-68-40-34-26-16-6/h45-64,71-78,103-104H,11-44,65-70H2,1-10H3. The van der Waals surface area contributed by atoms with Crippen molar-refractivity contribution in [2.24, 2.45) is 11.8 Å². The summed E-state index contributed by atoms with van der Waals surface area (Å²) in [6.07, 6.45) is 40.6. The highest BCUT2D eigenvalue weighted by molar-refractivity contribution is 7.24. The van der Waals surface area contributed by atoms with Crippen LogP contribution in [0.4, 0.5) is 8.78 Å².